The van der Waals surface area contributed by atoms with Gasteiger partial charge in [-0.2, -0.15) is 5.10 Å². The van der Waals surface area contributed by atoms with Gasteiger partial charge in [0.15, 0.2) is 5.65 Å². The van der Waals surface area contributed by atoms with Crippen LogP contribution in [0.2, 0.25) is 5.15 Å². The minimum absolute atomic E-state index is 0.438. The zero-order chi connectivity index (χ0) is 17.4. The summed E-state index contributed by atoms with van der Waals surface area (Å²) in [5, 5.41) is 4.79. The van der Waals surface area contributed by atoms with Crippen LogP contribution in [0.1, 0.15) is 0 Å². The van der Waals surface area contributed by atoms with Gasteiger partial charge in [0.05, 0.1) is 24.7 Å². The molecule has 0 N–H and O–H groups in total. The van der Waals surface area contributed by atoms with Crippen molar-refractivity contribution in [2.24, 2.45) is 0 Å². The van der Waals surface area contributed by atoms with Crippen LogP contribution in [0.15, 0.2) is 36.5 Å². The predicted octanol–water partition coefficient (Wildman–Crippen LogP) is 2.81. The molecule has 0 atom stereocenters. The number of likely N-dealkylation sites (N-methyl/N-ethyl adjacent to an activating group) is 1. The zero-order valence-corrected chi connectivity index (χ0v) is 15.1. The highest BCUT2D eigenvalue weighted by molar-refractivity contribution is 6.29. The second-order valence-corrected chi connectivity index (χ2v) is 6.63. The standard InChI is InChI=1S/C18H20ClN5O/c1-22-7-9-23(10-8-22)14-4-3-13(11-16(14)25-2)15-12-20-18-6-5-17(19)21-24(15)18/h3-6,11-12H,7-10H2,1-2H3. The number of anilines is 1. The summed E-state index contributed by atoms with van der Waals surface area (Å²) in [5.74, 6) is 0.860. The van der Waals surface area contributed by atoms with Gasteiger partial charge in [-0.3, -0.25) is 0 Å². The highest BCUT2D eigenvalue weighted by Gasteiger charge is 2.19. The lowest BCUT2D eigenvalue weighted by atomic mass is 10.1. The van der Waals surface area contributed by atoms with Crippen LogP contribution >= 0.6 is 11.6 Å². The van der Waals surface area contributed by atoms with Gasteiger partial charge < -0.3 is 14.5 Å². The minimum atomic E-state index is 0.438. The molecule has 0 unspecified atom stereocenters. The summed E-state index contributed by atoms with van der Waals surface area (Å²) in [6, 6.07) is 9.84. The van der Waals surface area contributed by atoms with E-state index >= 15 is 0 Å². The summed E-state index contributed by atoms with van der Waals surface area (Å²) in [4.78, 5) is 9.10. The van der Waals surface area contributed by atoms with E-state index in [1.165, 1.54) is 0 Å². The van der Waals surface area contributed by atoms with E-state index in [2.05, 4.69) is 39.1 Å². The van der Waals surface area contributed by atoms with Crippen LogP contribution in [0.25, 0.3) is 16.9 Å². The van der Waals surface area contributed by atoms with Crippen molar-refractivity contribution in [1.82, 2.24) is 19.5 Å². The lowest BCUT2D eigenvalue weighted by Crippen LogP contribution is -2.44. The zero-order valence-electron chi connectivity index (χ0n) is 14.3. The lowest BCUT2D eigenvalue weighted by molar-refractivity contribution is 0.311. The molecule has 6 nitrogen and oxygen atoms in total. The molecular weight excluding hydrogens is 338 g/mol. The van der Waals surface area contributed by atoms with Crippen molar-refractivity contribution in [2.75, 3.05) is 45.2 Å². The Morgan fingerprint density at radius 3 is 2.64 bits per heavy atom. The van der Waals surface area contributed by atoms with Gasteiger partial charge in [0.2, 0.25) is 0 Å². The number of hydrogen-bond acceptors (Lipinski definition) is 5. The number of benzene rings is 1. The topological polar surface area (TPSA) is 45.9 Å². The molecule has 2 aromatic heterocycles. The van der Waals surface area contributed by atoms with Gasteiger partial charge >= 0.3 is 0 Å². The minimum Gasteiger partial charge on any atom is -0.495 e. The Morgan fingerprint density at radius 1 is 1.08 bits per heavy atom. The third-order valence-corrected chi connectivity index (χ3v) is 4.85. The molecule has 1 aliphatic heterocycles. The number of rotatable bonds is 3. The molecule has 25 heavy (non-hydrogen) atoms. The Bertz CT molecular complexity index is 902. The number of halogens is 1. The average molecular weight is 358 g/mol. The maximum absolute atomic E-state index is 6.04. The number of hydrogen-bond donors (Lipinski definition) is 0. The third-order valence-electron chi connectivity index (χ3n) is 4.65. The first-order chi connectivity index (χ1) is 12.2. The number of imidazole rings is 1. The Morgan fingerprint density at radius 2 is 1.88 bits per heavy atom. The van der Waals surface area contributed by atoms with E-state index < -0.39 is 0 Å². The molecule has 0 saturated carbocycles. The second-order valence-electron chi connectivity index (χ2n) is 6.25. The summed E-state index contributed by atoms with van der Waals surface area (Å²) in [7, 11) is 3.86. The summed E-state index contributed by atoms with van der Waals surface area (Å²) >= 11 is 6.04. The molecule has 0 bridgehead atoms. The Labute approximate surface area is 151 Å². The van der Waals surface area contributed by atoms with E-state index in [-0.39, 0.29) is 0 Å². The highest BCUT2D eigenvalue weighted by Crippen LogP contribution is 2.34. The summed E-state index contributed by atoms with van der Waals surface area (Å²) in [6.07, 6.45) is 1.81. The first-order valence-electron chi connectivity index (χ1n) is 8.28. The number of fused-ring (bicyclic) bond motifs is 1. The fourth-order valence-electron chi connectivity index (χ4n) is 3.19. The number of aromatic nitrogens is 3. The van der Waals surface area contributed by atoms with Gasteiger partial charge in [-0.1, -0.05) is 17.7 Å². The van der Waals surface area contributed by atoms with E-state index in [0.29, 0.717) is 5.15 Å². The van der Waals surface area contributed by atoms with Crippen molar-refractivity contribution < 1.29 is 4.74 Å². The average Bonchev–Trinajstić information content (AvgIpc) is 3.05. The molecule has 1 saturated heterocycles. The highest BCUT2D eigenvalue weighted by atomic mass is 35.5. The van der Waals surface area contributed by atoms with Crippen molar-refractivity contribution in [3.8, 4) is 17.0 Å². The first kappa shape index (κ1) is 16.2. The van der Waals surface area contributed by atoms with E-state index in [4.69, 9.17) is 16.3 Å². The molecule has 7 heteroatoms. The maximum atomic E-state index is 6.04. The Hall–Kier alpha value is -2.31. The first-order valence-corrected chi connectivity index (χ1v) is 8.66. The smallest absolute Gasteiger partial charge is 0.154 e. The summed E-state index contributed by atoms with van der Waals surface area (Å²) < 4.78 is 7.43. The largest absolute Gasteiger partial charge is 0.495 e. The molecule has 0 amide bonds. The molecule has 1 aromatic carbocycles. The summed E-state index contributed by atoms with van der Waals surface area (Å²) in [6.45, 7) is 4.11. The molecular formula is C18H20ClN5O. The van der Waals surface area contributed by atoms with Gasteiger partial charge in [0.1, 0.15) is 10.9 Å². The fourth-order valence-corrected chi connectivity index (χ4v) is 3.33. The Kier molecular flexibility index (Phi) is 4.23. The number of nitrogens with zero attached hydrogens (tertiary/aromatic N) is 5. The number of piperazine rings is 1. The quantitative estimate of drug-likeness (QED) is 0.721. The van der Waals surface area contributed by atoms with Crippen LogP contribution in [0, 0.1) is 0 Å². The second kappa shape index (κ2) is 6.54. The molecule has 4 rings (SSSR count). The van der Waals surface area contributed by atoms with E-state index in [0.717, 1.165) is 54.5 Å². The molecule has 3 heterocycles. The lowest BCUT2D eigenvalue weighted by Gasteiger charge is -2.34. The van der Waals surface area contributed by atoms with Crippen LogP contribution in [-0.4, -0.2) is 59.8 Å². The van der Waals surface area contributed by atoms with Crippen LogP contribution in [0.3, 0.4) is 0 Å². The molecule has 1 fully saturated rings. The van der Waals surface area contributed by atoms with E-state index in [1.807, 2.05) is 18.3 Å². The van der Waals surface area contributed by atoms with Crippen molar-refractivity contribution in [2.45, 2.75) is 0 Å². The van der Waals surface area contributed by atoms with Crippen molar-refractivity contribution >= 4 is 22.9 Å². The van der Waals surface area contributed by atoms with Crippen LogP contribution in [-0.2, 0) is 0 Å². The summed E-state index contributed by atoms with van der Waals surface area (Å²) in [5.41, 5.74) is 3.78. The van der Waals surface area contributed by atoms with Crippen molar-refractivity contribution in [1.29, 1.82) is 0 Å². The molecule has 130 valence electrons. The SMILES string of the molecule is COc1cc(-c2cnc3ccc(Cl)nn23)ccc1N1CCN(C)CC1. The maximum Gasteiger partial charge on any atom is 0.154 e. The predicted molar refractivity (Wildman–Crippen MR) is 99.7 cm³/mol. The Balaban J connectivity index is 1.72. The fraction of sp³-hybridized carbons (Fsp3) is 0.333. The molecule has 0 aliphatic carbocycles. The third kappa shape index (κ3) is 3.03. The van der Waals surface area contributed by atoms with Crippen LogP contribution in [0.4, 0.5) is 5.69 Å². The van der Waals surface area contributed by atoms with Gasteiger partial charge in [-0.15, -0.1) is 0 Å². The van der Waals surface area contributed by atoms with Gasteiger partial charge in [-0.25, -0.2) is 9.50 Å². The monoisotopic (exact) mass is 357 g/mol. The number of methoxy groups -OCH3 is 1. The van der Waals surface area contributed by atoms with E-state index in [9.17, 15) is 0 Å². The van der Waals surface area contributed by atoms with Crippen LogP contribution < -0.4 is 9.64 Å². The number of ether oxygens (including phenoxy) is 1. The van der Waals surface area contributed by atoms with Gasteiger partial charge in [0, 0.05) is 31.7 Å². The van der Waals surface area contributed by atoms with Crippen LogP contribution in [0.5, 0.6) is 5.75 Å². The molecule has 3 aromatic rings. The molecule has 0 spiro atoms. The molecule has 1 aliphatic rings. The molecule has 0 radical (unpaired) electrons. The van der Waals surface area contributed by atoms with Crippen molar-refractivity contribution in [3.05, 3.63) is 41.7 Å². The van der Waals surface area contributed by atoms with E-state index in [1.54, 1.807) is 17.7 Å². The normalized spacial score (nSPS) is 15.7. The van der Waals surface area contributed by atoms with Gasteiger partial charge in [0.25, 0.3) is 0 Å². The van der Waals surface area contributed by atoms with Gasteiger partial charge in [-0.05, 0) is 31.3 Å². The van der Waals surface area contributed by atoms with Crippen molar-refractivity contribution in [3.63, 3.8) is 0 Å².